The molecule has 0 radical (unpaired) electrons. The summed E-state index contributed by atoms with van der Waals surface area (Å²) in [5, 5.41) is 22.6. The predicted octanol–water partition coefficient (Wildman–Crippen LogP) is -2.70. The first kappa shape index (κ1) is 21.2. The highest BCUT2D eigenvalue weighted by molar-refractivity contribution is 7.80. The van der Waals surface area contributed by atoms with Crippen molar-refractivity contribution in [3.8, 4) is 0 Å². The fourth-order valence-corrected chi connectivity index (χ4v) is 2.70. The molecule has 10 nitrogen and oxygen atoms in total. The van der Waals surface area contributed by atoms with Gasteiger partial charge in [0, 0.05) is 12.3 Å². The molecule has 3 amide bonds. The fourth-order valence-electron chi connectivity index (χ4n) is 2.46. The summed E-state index contributed by atoms with van der Waals surface area (Å²) in [5.41, 5.74) is 5.53. The monoisotopic (exact) mass is 376 g/mol. The minimum Gasteiger partial charge on any atom is -0.480 e. The van der Waals surface area contributed by atoms with Crippen LogP contribution in [0.4, 0.5) is 0 Å². The van der Waals surface area contributed by atoms with Gasteiger partial charge in [-0.2, -0.15) is 12.6 Å². The number of carboxylic acids is 1. The number of hydrogen-bond acceptors (Lipinski definition) is 7. The summed E-state index contributed by atoms with van der Waals surface area (Å²) in [6, 6.07) is -2.99. The highest BCUT2D eigenvalue weighted by Gasteiger charge is 2.37. The molecule has 4 atom stereocenters. The van der Waals surface area contributed by atoms with E-state index in [-0.39, 0.29) is 5.75 Å². The number of carboxylic acid groups (broad SMARTS) is 1. The number of nitrogens with two attached hydrogens (primary N) is 1. The van der Waals surface area contributed by atoms with E-state index < -0.39 is 54.5 Å². The van der Waals surface area contributed by atoms with Crippen LogP contribution in [0, 0.1) is 0 Å². The first-order chi connectivity index (χ1) is 11.7. The molecule has 4 unspecified atom stereocenters. The van der Waals surface area contributed by atoms with Crippen molar-refractivity contribution in [1.29, 1.82) is 0 Å². The molecule has 1 rings (SSSR count). The van der Waals surface area contributed by atoms with Crippen molar-refractivity contribution in [2.24, 2.45) is 5.73 Å². The second-order valence-corrected chi connectivity index (χ2v) is 6.18. The van der Waals surface area contributed by atoms with Gasteiger partial charge in [-0.1, -0.05) is 0 Å². The SMILES string of the molecule is CC(O)C(N)C(=O)NC(CS)C(=O)N1CCCC1C(=O)NCC(=O)O. The first-order valence-corrected chi connectivity index (χ1v) is 8.47. The highest BCUT2D eigenvalue weighted by atomic mass is 32.1. The number of thiol groups is 1. The first-order valence-electron chi connectivity index (χ1n) is 7.83. The van der Waals surface area contributed by atoms with Crippen molar-refractivity contribution in [3.63, 3.8) is 0 Å². The van der Waals surface area contributed by atoms with Gasteiger partial charge in [0.05, 0.1) is 6.10 Å². The van der Waals surface area contributed by atoms with Gasteiger partial charge in [-0.15, -0.1) is 0 Å². The number of carbonyl (C=O) groups is 4. The van der Waals surface area contributed by atoms with Crippen LogP contribution in [0.25, 0.3) is 0 Å². The van der Waals surface area contributed by atoms with Gasteiger partial charge in [0.1, 0.15) is 24.7 Å². The Morgan fingerprint density at radius 2 is 2.00 bits per heavy atom. The molecule has 1 heterocycles. The van der Waals surface area contributed by atoms with E-state index in [9.17, 15) is 24.3 Å². The quantitative estimate of drug-likeness (QED) is 0.251. The summed E-state index contributed by atoms with van der Waals surface area (Å²) in [4.78, 5) is 48.4. The van der Waals surface area contributed by atoms with Crippen molar-refractivity contribution in [3.05, 3.63) is 0 Å². The number of nitrogens with one attached hydrogen (secondary N) is 2. The van der Waals surface area contributed by atoms with Crippen LogP contribution >= 0.6 is 12.6 Å². The molecule has 0 aromatic rings. The van der Waals surface area contributed by atoms with Crippen LogP contribution in [0.3, 0.4) is 0 Å². The summed E-state index contributed by atoms with van der Waals surface area (Å²) in [6.45, 7) is 1.13. The van der Waals surface area contributed by atoms with E-state index in [1.165, 1.54) is 11.8 Å². The number of carbonyl (C=O) groups excluding carboxylic acids is 3. The molecule has 25 heavy (non-hydrogen) atoms. The zero-order chi connectivity index (χ0) is 19.1. The summed E-state index contributed by atoms with van der Waals surface area (Å²) in [7, 11) is 0. The van der Waals surface area contributed by atoms with Crippen LogP contribution in [0.2, 0.25) is 0 Å². The molecule has 1 saturated heterocycles. The molecule has 0 spiro atoms. The lowest BCUT2D eigenvalue weighted by atomic mass is 10.1. The third-order valence-electron chi connectivity index (χ3n) is 3.87. The summed E-state index contributed by atoms with van der Waals surface area (Å²) < 4.78 is 0. The van der Waals surface area contributed by atoms with Gasteiger partial charge < -0.3 is 31.5 Å². The zero-order valence-electron chi connectivity index (χ0n) is 13.8. The molecule has 0 aliphatic carbocycles. The Bertz CT molecular complexity index is 529. The number of amides is 3. The van der Waals surface area contributed by atoms with Crippen LogP contribution in [0.15, 0.2) is 0 Å². The number of nitrogens with zero attached hydrogens (tertiary/aromatic N) is 1. The molecule has 1 aliphatic rings. The van der Waals surface area contributed by atoms with Crippen molar-refractivity contribution in [1.82, 2.24) is 15.5 Å². The van der Waals surface area contributed by atoms with Gasteiger partial charge in [0.15, 0.2) is 0 Å². The Morgan fingerprint density at radius 3 is 2.52 bits per heavy atom. The lowest BCUT2D eigenvalue weighted by Gasteiger charge is -2.28. The minimum atomic E-state index is -1.19. The number of aliphatic hydroxyl groups is 1. The van der Waals surface area contributed by atoms with E-state index in [0.29, 0.717) is 19.4 Å². The van der Waals surface area contributed by atoms with E-state index in [4.69, 9.17) is 10.8 Å². The van der Waals surface area contributed by atoms with Crippen molar-refractivity contribution in [2.45, 2.75) is 44.0 Å². The predicted molar refractivity (Wildman–Crippen MR) is 90.8 cm³/mol. The van der Waals surface area contributed by atoms with Crippen LogP contribution in [0.5, 0.6) is 0 Å². The maximum Gasteiger partial charge on any atom is 0.322 e. The Kier molecular flexibility index (Phi) is 8.13. The van der Waals surface area contributed by atoms with Crippen molar-refractivity contribution < 1.29 is 29.4 Å². The Morgan fingerprint density at radius 1 is 1.36 bits per heavy atom. The van der Waals surface area contributed by atoms with Gasteiger partial charge in [0.25, 0.3) is 0 Å². The topological polar surface area (TPSA) is 162 Å². The number of aliphatic hydroxyl groups excluding tert-OH is 1. The van der Waals surface area contributed by atoms with Gasteiger partial charge in [0.2, 0.25) is 17.7 Å². The number of aliphatic carboxylic acids is 1. The molecule has 0 aromatic heterocycles. The van der Waals surface area contributed by atoms with Gasteiger partial charge >= 0.3 is 5.97 Å². The number of hydrogen-bond donors (Lipinski definition) is 6. The van der Waals surface area contributed by atoms with E-state index in [1.54, 1.807) is 0 Å². The third kappa shape index (κ3) is 5.87. The van der Waals surface area contributed by atoms with Crippen LogP contribution < -0.4 is 16.4 Å². The second kappa shape index (κ2) is 9.59. The Balaban J connectivity index is 2.75. The van der Waals surface area contributed by atoms with Crippen LogP contribution in [0.1, 0.15) is 19.8 Å². The minimum absolute atomic E-state index is 0.0168. The van der Waals surface area contributed by atoms with E-state index in [1.807, 2.05) is 0 Å². The van der Waals surface area contributed by atoms with Crippen molar-refractivity contribution in [2.75, 3.05) is 18.8 Å². The smallest absolute Gasteiger partial charge is 0.322 e. The number of rotatable bonds is 8. The lowest BCUT2D eigenvalue weighted by molar-refractivity contribution is -0.142. The summed E-state index contributed by atoms with van der Waals surface area (Å²) >= 11 is 4.05. The van der Waals surface area contributed by atoms with E-state index in [2.05, 4.69) is 23.3 Å². The fraction of sp³-hybridized carbons (Fsp3) is 0.714. The lowest BCUT2D eigenvalue weighted by Crippen LogP contribution is -2.57. The molecule has 1 aliphatic heterocycles. The maximum absolute atomic E-state index is 12.6. The molecule has 0 aromatic carbocycles. The third-order valence-corrected chi connectivity index (χ3v) is 4.24. The van der Waals surface area contributed by atoms with Gasteiger partial charge in [-0.25, -0.2) is 0 Å². The molecule has 0 saturated carbocycles. The van der Waals surface area contributed by atoms with E-state index >= 15 is 0 Å². The van der Waals surface area contributed by atoms with Crippen molar-refractivity contribution >= 4 is 36.3 Å². The molecule has 142 valence electrons. The van der Waals surface area contributed by atoms with Crippen LogP contribution in [-0.4, -0.2) is 81.9 Å². The summed E-state index contributed by atoms with van der Waals surface area (Å²) in [6.07, 6.45) is -0.105. The molecular formula is C14H24N4O6S. The maximum atomic E-state index is 12.6. The van der Waals surface area contributed by atoms with Gasteiger partial charge in [-0.05, 0) is 19.8 Å². The largest absolute Gasteiger partial charge is 0.480 e. The molecular weight excluding hydrogens is 352 g/mol. The zero-order valence-corrected chi connectivity index (χ0v) is 14.7. The van der Waals surface area contributed by atoms with Gasteiger partial charge in [-0.3, -0.25) is 19.2 Å². The Hall–Kier alpha value is -1.85. The average Bonchev–Trinajstić information content (AvgIpc) is 3.05. The molecule has 6 N–H and O–H groups in total. The van der Waals surface area contributed by atoms with Crippen LogP contribution in [-0.2, 0) is 19.2 Å². The molecule has 11 heteroatoms. The molecule has 0 bridgehead atoms. The van der Waals surface area contributed by atoms with E-state index in [0.717, 1.165) is 0 Å². The Labute approximate surface area is 150 Å². The summed E-state index contributed by atoms with van der Waals surface area (Å²) in [5.74, 6) is -2.96. The number of likely N-dealkylation sites (tertiary alicyclic amines) is 1. The standard InChI is InChI=1S/C14H24N4O6S/c1-7(19)11(15)13(23)17-8(6-25)14(24)18-4-2-3-9(18)12(22)16-5-10(20)21/h7-9,11,19,25H,2-6,15H2,1H3,(H,16,22)(H,17,23)(H,20,21). The average molecular weight is 376 g/mol. The normalized spacial score (nSPS) is 20.5. The highest BCUT2D eigenvalue weighted by Crippen LogP contribution is 2.19. The molecule has 1 fully saturated rings. The second-order valence-electron chi connectivity index (χ2n) is 5.81.